The molecule has 0 aliphatic carbocycles. The second-order valence-electron chi connectivity index (χ2n) is 7.44. The summed E-state index contributed by atoms with van der Waals surface area (Å²) in [6.07, 6.45) is -0.342. The molecule has 142 valence electrons. The lowest BCUT2D eigenvalue weighted by molar-refractivity contribution is -0.0235. The van der Waals surface area contributed by atoms with Crippen LogP contribution < -0.4 is 14.9 Å². The quantitative estimate of drug-likeness (QED) is 0.597. The van der Waals surface area contributed by atoms with E-state index < -0.39 is 17.1 Å². The molecule has 0 fully saturated rings. The number of aryl methyl sites for hydroxylation is 1. The van der Waals surface area contributed by atoms with Gasteiger partial charge < -0.3 is 29.4 Å². The van der Waals surface area contributed by atoms with Gasteiger partial charge >= 0.3 is 0 Å². The maximum absolute atomic E-state index is 13.1. The van der Waals surface area contributed by atoms with Crippen LogP contribution in [0.2, 0.25) is 0 Å². The van der Waals surface area contributed by atoms with E-state index >= 15 is 0 Å². The van der Waals surface area contributed by atoms with Crippen molar-refractivity contribution in [1.82, 2.24) is 4.57 Å². The summed E-state index contributed by atoms with van der Waals surface area (Å²) < 4.78 is 13.1. The molecule has 2 aromatic carbocycles. The summed E-state index contributed by atoms with van der Waals surface area (Å²) in [7, 11) is 3.13. The first-order valence-electron chi connectivity index (χ1n) is 8.62. The molecule has 1 atom stereocenters. The molecule has 7 heteroatoms. The number of benzene rings is 2. The van der Waals surface area contributed by atoms with E-state index in [0.717, 1.165) is 0 Å². The standard InChI is InChI=1S/C20H21NO6/c1-20(2,25)12-8-10-17(24)13-15(19(26-4)18(10)27-12)21(3)14-9(16(13)23)6-5-7-11(14)22/h5-7,12,22,24-25H,8H2,1-4H3/t12-/m0/s1. The van der Waals surface area contributed by atoms with E-state index in [9.17, 15) is 20.1 Å². The molecule has 1 aromatic heterocycles. The van der Waals surface area contributed by atoms with Gasteiger partial charge in [-0.15, -0.1) is 0 Å². The van der Waals surface area contributed by atoms with Gasteiger partial charge in [-0.25, -0.2) is 0 Å². The van der Waals surface area contributed by atoms with Gasteiger partial charge in [0.1, 0.15) is 23.1 Å². The second-order valence-corrected chi connectivity index (χ2v) is 7.44. The maximum atomic E-state index is 13.1. The molecule has 3 aromatic rings. The summed E-state index contributed by atoms with van der Waals surface area (Å²) in [5, 5.41) is 31.9. The highest BCUT2D eigenvalue weighted by Gasteiger charge is 2.40. The Morgan fingerprint density at radius 1 is 1.26 bits per heavy atom. The number of para-hydroxylation sites is 1. The Balaban J connectivity index is 2.20. The number of methoxy groups -OCH3 is 1. The molecule has 0 bridgehead atoms. The average Bonchev–Trinajstić information content (AvgIpc) is 3.05. The van der Waals surface area contributed by atoms with Crippen LogP contribution in [0.15, 0.2) is 23.0 Å². The fourth-order valence-corrected chi connectivity index (χ4v) is 3.84. The molecule has 0 saturated heterocycles. The Bertz CT molecular complexity index is 1160. The van der Waals surface area contributed by atoms with E-state index in [2.05, 4.69) is 0 Å². The van der Waals surface area contributed by atoms with Crippen molar-refractivity contribution in [3.05, 3.63) is 34.0 Å². The first kappa shape index (κ1) is 17.5. The van der Waals surface area contributed by atoms with Crippen LogP contribution >= 0.6 is 0 Å². The van der Waals surface area contributed by atoms with Gasteiger partial charge in [0, 0.05) is 19.0 Å². The molecule has 3 N–H and O–H groups in total. The van der Waals surface area contributed by atoms with Gasteiger partial charge in [0.15, 0.2) is 11.5 Å². The molecule has 27 heavy (non-hydrogen) atoms. The summed E-state index contributed by atoms with van der Waals surface area (Å²) >= 11 is 0. The van der Waals surface area contributed by atoms with Crippen molar-refractivity contribution in [2.45, 2.75) is 32.0 Å². The molecule has 0 radical (unpaired) electrons. The molecular weight excluding hydrogens is 350 g/mol. The molecule has 0 amide bonds. The number of rotatable bonds is 2. The van der Waals surface area contributed by atoms with E-state index in [-0.39, 0.29) is 29.1 Å². The minimum Gasteiger partial charge on any atom is -0.507 e. The van der Waals surface area contributed by atoms with Crippen LogP contribution in [-0.2, 0) is 13.5 Å². The first-order chi connectivity index (χ1) is 12.7. The predicted octanol–water partition coefficient (Wildman–Crippen LogP) is 2.19. The molecular formula is C20H21NO6. The van der Waals surface area contributed by atoms with Crippen molar-refractivity contribution in [1.29, 1.82) is 0 Å². The molecule has 1 aliphatic heterocycles. The largest absolute Gasteiger partial charge is 0.507 e. The number of ether oxygens (including phenoxy) is 2. The highest BCUT2D eigenvalue weighted by molar-refractivity contribution is 6.03. The fraction of sp³-hybridized carbons (Fsp3) is 0.350. The number of fused-ring (bicyclic) bond motifs is 3. The molecule has 4 rings (SSSR count). The third-order valence-electron chi connectivity index (χ3n) is 5.25. The number of nitrogens with zero attached hydrogens (tertiary/aromatic N) is 1. The predicted molar refractivity (Wildman–Crippen MR) is 101 cm³/mol. The number of pyridine rings is 1. The van der Waals surface area contributed by atoms with E-state index in [0.29, 0.717) is 27.7 Å². The van der Waals surface area contributed by atoms with Crippen LogP contribution in [0, 0.1) is 0 Å². The van der Waals surface area contributed by atoms with E-state index in [4.69, 9.17) is 9.47 Å². The smallest absolute Gasteiger partial charge is 0.201 e. The van der Waals surface area contributed by atoms with Crippen LogP contribution in [0.5, 0.6) is 23.0 Å². The lowest BCUT2D eigenvalue weighted by Crippen LogP contribution is -2.39. The number of aromatic nitrogens is 1. The Labute approximate surface area is 155 Å². The Hall–Kier alpha value is -2.93. The average molecular weight is 371 g/mol. The molecule has 7 nitrogen and oxygen atoms in total. The molecule has 0 unspecified atom stereocenters. The number of phenolic OH excluding ortho intramolecular Hbond substituents is 2. The number of aromatic hydroxyl groups is 2. The van der Waals surface area contributed by atoms with Crippen molar-refractivity contribution in [2.75, 3.05) is 7.11 Å². The zero-order valence-corrected chi connectivity index (χ0v) is 15.5. The monoisotopic (exact) mass is 371 g/mol. The first-order valence-corrected chi connectivity index (χ1v) is 8.62. The normalized spacial score (nSPS) is 16.6. The number of hydrogen-bond acceptors (Lipinski definition) is 6. The summed E-state index contributed by atoms with van der Waals surface area (Å²) in [5.74, 6) is 0.360. The van der Waals surface area contributed by atoms with Crippen molar-refractivity contribution >= 4 is 21.8 Å². The van der Waals surface area contributed by atoms with Crippen molar-refractivity contribution < 1.29 is 24.8 Å². The Morgan fingerprint density at radius 3 is 2.59 bits per heavy atom. The van der Waals surface area contributed by atoms with E-state index in [1.54, 1.807) is 37.6 Å². The highest BCUT2D eigenvalue weighted by atomic mass is 16.5. The van der Waals surface area contributed by atoms with Crippen molar-refractivity contribution in [3.63, 3.8) is 0 Å². The number of phenols is 2. The van der Waals surface area contributed by atoms with Gasteiger partial charge in [0.2, 0.25) is 5.43 Å². The van der Waals surface area contributed by atoms with Crippen LogP contribution in [0.25, 0.3) is 21.8 Å². The summed E-state index contributed by atoms with van der Waals surface area (Å²) in [6.45, 7) is 3.25. The van der Waals surface area contributed by atoms with Crippen LogP contribution in [0.3, 0.4) is 0 Å². The van der Waals surface area contributed by atoms with Crippen LogP contribution in [0.1, 0.15) is 19.4 Å². The number of aliphatic hydroxyl groups is 1. The minimum atomic E-state index is -1.14. The minimum absolute atomic E-state index is 0.0497. The van der Waals surface area contributed by atoms with Gasteiger partial charge in [0.05, 0.1) is 29.0 Å². The SMILES string of the molecule is COc1c2c(c(O)c3c(=O)c4cccc(O)c4n(C)c13)C[C@@H](C(C)(C)O)O2. The zero-order chi connectivity index (χ0) is 19.7. The lowest BCUT2D eigenvalue weighted by Gasteiger charge is -2.24. The third kappa shape index (κ3) is 2.28. The summed E-state index contributed by atoms with van der Waals surface area (Å²) in [4.78, 5) is 13.1. The highest BCUT2D eigenvalue weighted by Crippen LogP contribution is 2.50. The second kappa shape index (κ2) is 5.53. The van der Waals surface area contributed by atoms with Gasteiger partial charge in [-0.1, -0.05) is 6.07 Å². The summed E-state index contributed by atoms with van der Waals surface area (Å²) in [6, 6.07) is 4.68. The maximum Gasteiger partial charge on any atom is 0.201 e. The molecule has 2 heterocycles. The van der Waals surface area contributed by atoms with Gasteiger partial charge in [-0.3, -0.25) is 4.79 Å². The lowest BCUT2D eigenvalue weighted by atomic mass is 9.95. The van der Waals surface area contributed by atoms with Crippen LogP contribution in [0.4, 0.5) is 0 Å². The molecule has 0 spiro atoms. The fourth-order valence-electron chi connectivity index (χ4n) is 3.84. The molecule has 1 aliphatic rings. The molecule has 0 saturated carbocycles. The third-order valence-corrected chi connectivity index (χ3v) is 5.25. The van der Waals surface area contributed by atoms with Gasteiger partial charge in [-0.2, -0.15) is 0 Å². The van der Waals surface area contributed by atoms with Gasteiger partial charge in [-0.05, 0) is 26.0 Å². The van der Waals surface area contributed by atoms with E-state index in [1.807, 2.05) is 0 Å². The summed E-state index contributed by atoms with van der Waals surface area (Å²) in [5.41, 5.74) is -0.454. The van der Waals surface area contributed by atoms with Gasteiger partial charge in [0.25, 0.3) is 0 Å². The topological polar surface area (TPSA) is 101 Å². The zero-order valence-electron chi connectivity index (χ0n) is 15.5. The van der Waals surface area contributed by atoms with Crippen LogP contribution in [-0.4, -0.2) is 38.7 Å². The van der Waals surface area contributed by atoms with Crippen molar-refractivity contribution in [2.24, 2.45) is 7.05 Å². The Kier molecular flexibility index (Phi) is 3.58. The van der Waals surface area contributed by atoms with Crippen molar-refractivity contribution in [3.8, 4) is 23.0 Å². The Morgan fingerprint density at radius 2 is 1.96 bits per heavy atom. The number of hydrogen-bond donors (Lipinski definition) is 3. The van der Waals surface area contributed by atoms with E-state index in [1.165, 1.54) is 13.2 Å².